The molecule has 0 fully saturated rings. The maximum Gasteiger partial charge on any atom is 0.500 e. The molecule has 0 aromatic heterocycles. The summed E-state index contributed by atoms with van der Waals surface area (Å²) >= 11 is 0. The van der Waals surface area contributed by atoms with Crippen molar-refractivity contribution in [3.8, 4) is 0 Å². The quantitative estimate of drug-likeness (QED) is 0.197. The topological polar surface area (TPSA) is 119 Å². The van der Waals surface area contributed by atoms with Gasteiger partial charge >= 0.3 is 17.6 Å². The van der Waals surface area contributed by atoms with Crippen molar-refractivity contribution in [2.75, 3.05) is 88.6 Å². The molecule has 2 N–H and O–H groups in total. The highest BCUT2D eigenvalue weighted by atomic mass is 28.4. The number of hydrogen-bond acceptors (Lipinski definition) is 10. The predicted molar refractivity (Wildman–Crippen MR) is 129 cm³/mol. The highest BCUT2D eigenvalue weighted by Crippen LogP contribution is 2.18. The lowest BCUT2D eigenvalue weighted by Crippen LogP contribution is -2.44. The normalized spacial score (nSPS) is 12.5. The number of nitrogens with zero attached hydrogens (tertiary/aromatic N) is 2. The van der Waals surface area contributed by atoms with E-state index in [0.29, 0.717) is 24.9 Å². The highest BCUT2D eigenvalue weighted by Gasteiger charge is 2.38. The molecule has 33 heavy (non-hydrogen) atoms. The molecule has 0 saturated heterocycles. The van der Waals surface area contributed by atoms with Crippen molar-refractivity contribution in [1.82, 2.24) is 9.80 Å². The summed E-state index contributed by atoms with van der Waals surface area (Å²) < 4.78 is 33.1. The standard InChI is InChI=1S/C20H46N2O9Si2/c1-26-32(27-2,28-3)18-8-12-21(13-9-19-33(29-4,30-5)31-6)11-7-10-20(25)22(14-16-23)15-17-24/h23-24H,7-19H2,1-6H3. The Morgan fingerprint density at radius 2 is 1.00 bits per heavy atom. The number of aliphatic hydroxyl groups is 2. The van der Waals surface area contributed by atoms with Crippen LogP contribution in [0.1, 0.15) is 25.7 Å². The van der Waals surface area contributed by atoms with E-state index >= 15 is 0 Å². The van der Waals surface area contributed by atoms with Crippen LogP contribution in [0.25, 0.3) is 0 Å². The largest absolute Gasteiger partial charge is 0.500 e. The van der Waals surface area contributed by atoms with Crippen molar-refractivity contribution >= 4 is 23.5 Å². The van der Waals surface area contributed by atoms with Crippen LogP contribution < -0.4 is 0 Å². The highest BCUT2D eigenvalue weighted by molar-refractivity contribution is 6.60. The van der Waals surface area contributed by atoms with E-state index in [-0.39, 0.29) is 32.2 Å². The molecule has 13 heteroatoms. The van der Waals surface area contributed by atoms with Gasteiger partial charge in [0.05, 0.1) is 13.2 Å². The van der Waals surface area contributed by atoms with Gasteiger partial charge in [-0.15, -0.1) is 0 Å². The molecule has 0 spiro atoms. The van der Waals surface area contributed by atoms with E-state index in [2.05, 4.69) is 4.90 Å². The molecule has 198 valence electrons. The third-order valence-electron chi connectivity index (χ3n) is 5.74. The number of carbonyl (C=O) groups excluding carboxylic acids is 1. The van der Waals surface area contributed by atoms with Crippen LogP contribution in [0.2, 0.25) is 12.1 Å². The molecule has 0 atom stereocenters. The Hall–Kier alpha value is -0.456. The van der Waals surface area contributed by atoms with Crippen molar-refractivity contribution in [3.63, 3.8) is 0 Å². The van der Waals surface area contributed by atoms with Crippen LogP contribution >= 0.6 is 0 Å². The van der Waals surface area contributed by atoms with Gasteiger partial charge in [0, 0.05) is 74.3 Å². The first-order valence-electron chi connectivity index (χ1n) is 11.4. The molecule has 0 aliphatic rings. The van der Waals surface area contributed by atoms with Crippen molar-refractivity contribution in [1.29, 1.82) is 0 Å². The second-order valence-electron chi connectivity index (χ2n) is 7.57. The third kappa shape index (κ3) is 12.2. The van der Waals surface area contributed by atoms with E-state index in [0.717, 1.165) is 32.5 Å². The molecule has 0 saturated carbocycles. The molecule has 0 bridgehead atoms. The van der Waals surface area contributed by atoms with Gasteiger partial charge in [-0.05, 0) is 38.9 Å². The predicted octanol–water partition coefficient (Wildman–Crippen LogP) is 0.418. The maximum absolute atomic E-state index is 12.4. The molecule has 0 aromatic carbocycles. The lowest BCUT2D eigenvalue weighted by Gasteiger charge is -2.28. The van der Waals surface area contributed by atoms with Crippen LogP contribution in [0.5, 0.6) is 0 Å². The second kappa shape index (κ2) is 18.8. The molecule has 0 heterocycles. The van der Waals surface area contributed by atoms with Gasteiger partial charge in [-0.3, -0.25) is 4.79 Å². The number of amides is 1. The van der Waals surface area contributed by atoms with Crippen molar-refractivity contribution in [2.45, 2.75) is 37.8 Å². The summed E-state index contributed by atoms with van der Waals surface area (Å²) in [5.74, 6) is -0.0628. The lowest BCUT2D eigenvalue weighted by atomic mass is 10.2. The van der Waals surface area contributed by atoms with Gasteiger partial charge in [0.15, 0.2) is 0 Å². The molecule has 0 aromatic rings. The molecule has 0 aliphatic carbocycles. The average Bonchev–Trinajstić information content (AvgIpc) is 2.84. The molecule has 0 rings (SSSR count). The van der Waals surface area contributed by atoms with Crippen LogP contribution in [0, 0.1) is 0 Å². The summed E-state index contributed by atoms with van der Waals surface area (Å²) in [5.41, 5.74) is 0. The molecule has 11 nitrogen and oxygen atoms in total. The Balaban J connectivity index is 4.90. The van der Waals surface area contributed by atoms with Gasteiger partial charge in [0.2, 0.25) is 5.91 Å². The van der Waals surface area contributed by atoms with Crippen molar-refractivity contribution < 1.29 is 41.6 Å². The fraction of sp³-hybridized carbons (Fsp3) is 0.950. The molecular formula is C20H46N2O9Si2. The van der Waals surface area contributed by atoms with Gasteiger partial charge in [-0.25, -0.2) is 0 Å². The Labute approximate surface area is 201 Å². The Kier molecular flexibility index (Phi) is 18.6. The monoisotopic (exact) mass is 514 g/mol. The van der Waals surface area contributed by atoms with Gasteiger partial charge in [-0.2, -0.15) is 0 Å². The molecule has 0 aliphatic heterocycles. The summed E-state index contributed by atoms with van der Waals surface area (Å²) in [6, 6.07) is 1.39. The summed E-state index contributed by atoms with van der Waals surface area (Å²) in [4.78, 5) is 16.2. The number of carbonyl (C=O) groups is 1. The summed E-state index contributed by atoms with van der Waals surface area (Å²) in [6.07, 6.45) is 2.70. The molecule has 0 radical (unpaired) electrons. The fourth-order valence-electron chi connectivity index (χ4n) is 3.70. The Morgan fingerprint density at radius 3 is 1.33 bits per heavy atom. The fourth-order valence-corrected chi connectivity index (χ4v) is 7.11. The van der Waals surface area contributed by atoms with Crippen LogP contribution in [0.15, 0.2) is 0 Å². The zero-order valence-electron chi connectivity index (χ0n) is 21.3. The zero-order valence-corrected chi connectivity index (χ0v) is 23.3. The molecule has 1 amide bonds. The second-order valence-corrected chi connectivity index (χ2v) is 13.8. The van der Waals surface area contributed by atoms with Crippen LogP contribution in [-0.4, -0.2) is 132 Å². The van der Waals surface area contributed by atoms with E-state index < -0.39 is 17.6 Å². The molecule has 0 unspecified atom stereocenters. The lowest BCUT2D eigenvalue weighted by molar-refractivity contribution is -0.132. The number of rotatable bonds is 22. The zero-order chi connectivity index (χ0) is 25.2. The first kappa shape index (κ1) is 32.5. The van der Waals surface area contributed by atoms with E-state index in [1.54, 1.807) is 42.7 Å². The minimum atomic E-state index is -2.63. The average molecular weight is 515 g/mol. The van der Waals surface area contributed by atoms with E-state index in [1.807, 2.05) is 0 Å². The first-order chi connectivity index (χ1) is 15.8. The Morgan fingerprint density at radius 1 is 0.636 bits per heavy atom. The smallest absolute Gasteiger partial charge is 0.395 e. The summed E-state index contributed by atoms with van der Waals surface area (Å²) in [6.45, 7) is 2.57. The number of aliphatic hydroxyl groups excluding tert-OH is 2. The maximum atomic E-state index is 12.4. The van der Waals surface area contributed by atoms with Gasteiger partial charge in [0.25, 0.3) is 0 Å². The van der Waals surface area contributed by atoms with Crippen LogP contribution in [0.4, 0.5) is 0 Å². The van der Waals surface area contributed by atoms with E-state index in [9.17, 15) is 4.79 Å². The van der Waals surface area contributed by atoms with Gasteiger partial charge in [-0.1, -0.05) is 0 Å². The van der Waals surface area contributed by atoms with Gasteiger partial charge < -0.3 is 46.6 Å². The minimum absolute atomic E-state index is 0.0628. The van der Waals surface area contributed by atoms with Crippen molar-refractivity contribution in [2.24, 2.45) is 0 Å². The Bertz CT molecular complexity index is 450. The molecular weight excluding hydrogens is 468 g/mol. The van der Waals surface area contributed by atoms with Gasteiger partial charge in [0.1, 0.15) is 0 Å². The van der Waals surface area contributed by atoms with Crippen LogP contribution in [-0.2, 0) is 31.4 Å². The van der Waals surface area contributed by atoms with Crippen molar-refractivity contribution in [3.05, 3.63) is 0 Å². The summed E-state index contributed by atoms with van der Waals surface area (Å²) in [5, 5.41) is 18.3. The summed E-state index contributed by atoms with van der Waals surface area (Å²) in [7, 11) is 4.39. The van der Waals surface area contributed by atoms with E-state index in [1.165, 1.54) is 4.90 Å². The minimum Gasteiger partial charge on any atom is -0.395 e. The SMILES string of the molecule is CO[Si](CCCN(CCCC(=O)N(CCO)CCO)CCC[Si](OC)(OC)OC)(OC)OC. The third-order valence-corrected chi connectivity index (χ3v) is 11.4. The van der Waals surface area contributed by atoms with Crippen LogP contribution in [0.3, 0.4) is 0 Å². The van der Waals surface area contributed by atoms with E-state index in [4.69, 9.17) is 36.8 Å². The number of hydrogen-bond donors (Lipinski definition) is 2. The first-order valence-corrected chi connectivity index (χ1v) is 15.2.